The van der Waals surface area contributed by atoms with E-state index >= 15 is 0 Å². The van der Waals surface area contributed by atoms with Crippen molar-refractivity contribution < 1.29 is 14.3 Å². The Bertz CT molecular complexity index is 456. The maximum absolute atomic E-state index is 12.1. The van der Waals surface area contributed by atoms with E-state index < -0.39 is 0 Å². The lowest BCUT2D eigenvalue weighted by Gasteiger charge is -2.32. The summed E-state index contributed by atoms with van der Waals surface area (Å²) in [4.78, 5) is 12.1. The summed E-state index contributed by atoms with van der Waals surface area (Å²) < 4.78 is 10.3. The molecule has 1 amide bonds. The molecule has 0 heterocycles. The van der Waals surface area contributed by atoms with Crippen LogP contribution in [0.4, 0.5) is 0 Å². The minimum Gasteiger partial charge on any atom is -0.497 e. The molecule has 0 atom stereocenters. The van der Waals surface area contributed by atoms with Crippen LogP contribution in [0.2, 0.25) is 0 Å². The SMILES string of the molecule is COc1ccc(C(=O)NCC2CC(N)C2)c(OC)c1. The van der Waals surface area contributed by atoms with Gasteiger partial charge < -0.3 is 20.5 Å². The Kier molecular flexibility index (Phi) is 4.27. The third kappa shape index (κ3) is 3.17. The Hall–Kier alpha value is -1.75. The van der Waals surface area contributed by atoms with Gasteiger partial charge in [0.25, 0.3) is 5.91 Å². The number of hydrogen-bond donors (Lipinski definition) is 2. The molecule has 2 rings (SSSR count). The second-order valence-corrected chi connectivity index (χ2v) is 4.87. The van der Waals surface area contributed by atoms with E-state index in [1.54, 1.807) is 25.3 Å². The smallest absolute Gasteiger partial charge is 0.255 e. The standard InChI is InChI=1S/C14H20N2O3/c1-18-11-3-4-12(13(7-11)19-2)14(17)16-8-9-5-10(15)6-9/h3-4,7,9-10H,5-6,8,15H2,1-2H3,(H,16,17). The molecule has 0 radical (unpaired) electrons. The molecular formula is C14H20N2O3. The lowest BCUT2D eigenvalue weighted by Crippen LogP contribution is -2.42. The van der Waals surface area contributed by atoms with Crippen LogP contribution in [-0.2, 0) is 0 Å². The first-order valence-electron chi connectivity index (χ1n) is 6.40. The van der Waals surface area contributed by atoms with Gasteiger partial charge >= 0.3 is 0 Å². The van der Waals surface area contributed by atoms with E-state index in [1.807, 2.05) is 0 Å². The van der Waals surface area contributed by atoms with Crippen LogP contribution in [0.3, 0.4) is 0 Å². The van der Waals surface area contributed by atoms with Crippen molar-refractivity contribution in [2.45, 2.75) is 18.9 Å². The van der Waals surface area contributed by atoms with Gasteiger partial charge in [-0.15, -0.1) is 0 Å². The molecule has 104 valence electrons. The topological polar surface area (TPSA) is 73.6 Å². The number of amides is 1. The van der Waals surface area contributed by atoms with Crippen LogP contribution in [0, 0.1) is 5.92 Å². The van der Waals surface area contributed by atoms with Crippen LogP contribution in [-0.4, -0.2) is 32.7 Å². The molecular weight excluding hydrogens is 244 g/mol. The summed E-state index contributed by atoms with van der Waals surface area (Å²) in [5.74, 6) is 1.56. The third-order valence-electron chi connectivity index (χ3n) is 3.48. The molecule has 5 heteroatoms. The first-order chi connectivity index (χ1) is 9.13. The average Bonchev–Trinajstić information content (AvgIpc) is 2.41. The molecule has 1 aliphatic rings. The van der Waals surface area contributed by atoms with E-state index in [1.165, 1.54) is 7.11 Å². The van der Waals surface area contributed by atoms with E-state index in [2.05, 4.69) is 5.32 Å². The zero-order chi connectivity index (χ0) is 13.8. The van der Waals surface area contributed by atoms with Crippen LogP contribution in [0.1, 0.15) is 23.2 Å². The Labute approximate surface area is 113 Å². The van der Waals surface area contributed by atoms with Crippen LogP contribution in [0.25, 0.3) is 0 Å². The Morgan fingerprint density at radius 3 is 2.68 bits per heavy atom. The Morgan fingerprint density at radius 1 is 1.37 bits per heavy atom. The number of hydrogen-bond acceptors (Lipinski definition) is 4. The zero-order valence-corrected chi connectivity index (χ0v) is 11.3. The van der Waals surface area contributed by atoms with E-state index in [0.717, 1.165) is 12.8 Å². The maximum Gasteiger partial charge on any atom is 0.255 e. The highest BCUT2D eigenvalue weighted by Crippen LogP contribution is 2.26. The molecule has 0 bridgehead atoms. The molecule has 1 aromatic carbocycles. The van der Waals surface area contributed by atoms with E-state index in [4.69, 9.17) is 15.2 Å². The lowest BCUT2D eigenvalue weighted by atomic mass is 9.81. The highest BCUT2D eigenvalue weighted by Gasteiger charge is 2.26. The first-order valence-corrected chi connectivity index (χ1v) is 6.40. The number of nitrogens with one attached hydrogen (secondary N) is 1. The minimum absolute atomic E-state index is 0.125. The van der Waals surface area contributed by atoms with E-state index in [-0.39, 0.29) is 5.91 Å². The van der Waals surface area contributed by atoms with Crippen molar-refractivity contribution in [2.24, 2.45) is 11.7 Å². The van der Waals surface area contributed by atoms with Gasteiger partial charge in [0.1, 0.15) is 11.5 Å². The normalized spacial score (nSPS) is 21.4. The summed E-state index contributed by atoms with van der Waals surface area (Å²) in [6.07, 6.45) is 1.97. The fraction of sp³-hybridized carbons (Fsp3) is 0.500. The van der Waals surface area contributed by atoms with Gasteiger partial charge in [0.05, 0.1) is 19.8 Å². The number of ether oxygens (including phenoxy) is 2. The molecule has 1 aromatic rings. The number of nitrogens with two attached hydrogens (primary N) is 1. The first kappa shape index (κ1) is 13.7. The molecule has 1 fully saturated rings. The number of methoxy groups -OCH3 is 2. The summed E-state index contributed by atoms with van der Waals surface area (Å²) in [5, 5.41) is 2.92. The largest absolute Gasteiger partial charge is 0.497 e. The maximum atomic E-state index is 12.1. The van der Waals surface area contributed by atoms with Crippen molar-refractivity contribution in [3.63, 3.8) is 0 Å². The number of rotatable bonds is 5. The number of benzene rings is 1. The molecule has 1 aliphatic carbocycles. The fourth-order valence-electron chi connectivity index (χ4n) is 2.27. The van der Waals surface area contributed by atoms with Crippen LogP contribution >= 0.6 is 0 Å². The van der Waals surface area contributed by atoms with Gasteiger partial charge in [0, 0.05) is 18.7 Å². The molecule has 0 aliphatic heterocycles. The molecule has 5 nitrogen and oxygen atoms in total. The van der Waals surface area contributed by atoms with Crippen molar-refractivity contribution in [1.82, 2.24) is 5.32 Å². The molecule has 19 heavy (non-hydrogen) atoms. The van der Waals surface area contributed by atoms with Crippen LogP contribution in [0.15, 0.2) is 18.2 Å². The van der Waals surface area contributed by atoms with Gasteiger partial charge in [-0.3, -0.25) is 4.79 Å². The molecule has 1 saturated carbocycles. The summed E-state index contributed by atoms with van der Waals surface area (Å²) in [6.45, 7) is 0.668. The van der Waals surface area contributed by atoms with Crippen molar-refractivity contribution >= 4 is 5.91 Å². The highest BCUT2D eigenvalue weighted by molar-refractivity contribution is 5.97. The van der Waals surface area contributed by atoms with Crippen molar-refractivity contribution in [3.05, 3.63) is 23.8 Å². The number of carbonyl (C=O) groups is 1. The highest BCUT2D eigenvalue weighted by atomic mass is 16.5. The quantitative estimate of drug-likeness (QED) is 0.837. The van der Waals surface area contributed by atoms with Crippen molar-refractivity contribution in [1.29, 1.82) is 0 Å². The molecule has 0 spiro atoms. The van der Waals surface area contributed by atoms with E-state index in [0.29, 0.717) is 35.6 Å². The summed E-state index contributed by atoms with van der Waals surface area (Å²) in [6, 6.07) is 5.46. The van der Waals surface area contributed by atoms with Crippen molar-refractivity contribution in [3.8, 4) is 11.5 Å². The lowest BCUT2D eigenvalue weighted by molar-refractivity contribution is 0.0932. The Balaban J connectivity index is 1.97. The Morgan fingerprint density at radius 2 is 2.11 bits per heavy atom. The molecule has 0 unspecified atom stereocenters. The summed E-state index contributed by atoms with van der Waals surface area (Å²) >= 11 is 0. The van der Waals surface area contributed by atoms with Gasteiger partial charge in [-0.05, 0) is 30.9 Å². The average molecular weight is 264 g/mol. The van der Waals surface area contributed by atoms with Crippen molar-refractivity contribution in [2.75, 3.05) is 20.8 Å². The fourth-order valence-corrected chi connectivity index (χ4v) is 2.27. The summed E-state index contributed by atoms with van der Waals surface area (Å²) in [5.41, 5.74) is 6.24. The second-order valence-electron chi connectivity index (χ2n) is 4.87. The predicted molar refractivity (Wildman–Crippen MR) is 72.6 cm³/mol. The minimum atomic E-state index is -0.125. The van der Waals surface area contributed by atoms with Gasteiger partial charge in [-0.2, -0.15) is 0 Å². The second kappa shape index (κ2) is 5.93. The van der Waals surface area contributed by atoms with Gasteiger partial charge in [-0.1, -0.05) is 0 Å². The predicted octanol–water partition coefficient (Wildman–Crippen LogP) is 1.17. The zero-order valence-electron chi connectivity index (χ0n) is 11.3. The van der Waals surface area contributed by atoms with Gasteiger partial charge in [0.15, 0.2) is 0 Å². The molecule has 0 aromatic heterocycles. The van der Waals surface area contributed by atoms with E-state index in [9.17, 15) is 4.79 Å². The third-order valence-corrected chi connectivity index (χ3v) is 3.48. The van der Waals surface area contributed by atoms with Crippen LogP contribution in [0.5, 0.6) is 11.5 Å². The summed E-state index contributed by atoms with van der Waals surface area (Å²) in [7, 11) is 3.12. The van der Waals surface area contributed by atoms with Gasteiger partial charge in [0.2, 0.25) is 0 Å². The molecule has 3 N–H and O–H groups in total. The monoisotopic (exact) mass is 264 g/mol. The number of carbonyl (C=O) groups excluding carboxylic acids is 1. The van der Waals surface area contributed by atoms with Crippen LogP contribution < -0.4 is 20.5 Å². The van der Waals surface area contributed by atoms with Gasteiger partial charge in [-0.25, -0.2) is 0 Å². The molecule has 0 saturated heterocycles.